The standard InChI is InChI=1S/C41H54N4O11/c46-38(16-27-3-1-2-26(14-27)15-35(39(47)48)28-4-7-42-21-28)45(10-12-53-33-17-31(55-24-33)19-36(40(49)50)29-5-8-43-22-29)11-13-54-34-18-32(56-25-34)20-37(41(51)52)30-6-9-44-23-30/h1-3,14,17-18,24-25,28-30,35-37,42-44H,4-13,15-16,19-23H2,(H,47,48)(H,49,50)(H,51,52)/t28-,29-,30-,35-,36-,37-/m0/s1. The van der Waals surface area contributed by atoms with E-state index in [0.717, 1.165) is 50.0 Å². The van der Waals surface area contributed by atoms with Crippen molar-refractivity contribution in [1.82, 2.24) is 20.9 Å². The molecule has 304 valence electrons. The van der Waals surface area contributed by atoms with Gasteiger partial charge >= 0.3 is 17.9 Å². The molecule has 6 N–H and O–H groups in total. The van der Waals surface area contributed by atoms with E-state index in [2.05, 4.69) is 16.0 Å². The molecule has 1 amide bonds. The molecule has 0 unspecified atom stereocenters. The van der Waals surface area contributed by atoms with E-state index in [4.69, 9.17) is 18.3 Å². The molecule has 0 aliphatic carbocycles. The third-order valence-electron chi connectivity index (χ3n) is 11.5. The lowest BCUT2D eigenvalue weighted by atomic mass is 9.86. The second-order valence-electron chi connectivity index (χ2n) is 15.3. The zero-order valence-corrected chi connectivity index (χ0v) is 31.7. The van der Waals surface area contributed by atoms with Crippen LogP contribution in [-0.4, -0.2) is 110 Å². The van der Waals surface area contributed by atoms with Gasteiger partial charge in [0.15, 0.2) is 11.5 Å². The summed E-state index contributed by atoms with van der Waals surface area (Å²) in [5.41, 5.74) is 1.63. The van der Waals surface area contributed by atoms with E-state index in [9.17, 15) is 34.5 Å². The molecule has 3 aliphatic heterocycles. The fourth-order valence-corrected chi connectivity index (χ4v) is 8.26. The van der Waals surface area contributed by atoms with Crippen LogP contribution in [0.5, 0.6) is 11.5 Å². The van der Waals surface area contributed by atoms with Crippen LogP contribution >= 0.6 is 0 Å². The average Bonchev–Trinajstić information content (AvgIpc) is 4.03. The summed E-state index contributed by atoms with van der Waals surface area (Å²) in [5, 5.41) is 39.3. The summed E-state index contributed by atoms with van der Waals surface area (Å²) in [7, 11) is 0. The first-order valence-corrected chi connectivity index (χ1v) is 19.7. The monoisotopic (exact) mass is 778 g/mol. The van der Waals surface area contributed by atoms with Crippen molar-refractivity contribution in [2.24, 2.45) is 35.5 Å². The Bertz CT molecular complexity index is 1680. The van der Waals surface area contributed by atoms with Gasteiger partial charge in [0.05, 0.1) is 37.3 Å². The number of furan rings is 2. The van der Waals surface area contributed by atoms with Gasteiger partial charge in [-0.2, -0.15) is 0 Å². The first kappa shape index (κ1) is 40.8. The number of hydrogen-bond donors (Lipinski definition) is 6. The number of carbonyl (C=O) groups is 4. The maximum Gasteiger partial charge on any atom is 0.307 e. The van der Waals surface area contributed by atoms with Gasteiger partial charge in [-0.05, 0) is 93.8 Å². The highest BCUT2D eigenvalue weighted by Gasteiger charge is 2.33. The fraction of sp³-hybridized carbons (Fsp3) is 0.561. The molecular weight excluding hydrogens is 724 g/mol. The average molecular weight is 779 g/mol. The van der Waals surface area contributed by atoms with E-state index in [-0.39, 0.29) is 69.2 Å². The van der Waals surface area contributed by atoms with Crippen LogP contribution in [0.15, 0.2) is 57.8 Å². The van der Waals surface area contributed by atoms with Crippen LogP contribution in [0.2, 0.25) is 0 Å². The number of rotatable bonds is 22. The molecule has 56 heavy (non-hydrogen) atoms. The molecule has 3 aliphatic rings. The Balaban J connectivity index is 1.07. The number of aliphatic carboxylic acids is 3. The molecular formula is C41H54N4O11. The Hall–Kier alpha value is -4.86. The number of hydrogen-bond acceptors (Lipinski definition) is 11. The Kier molecular flexibility index (Phi) is 14.4. The van der Waals surface area contributed by atoms with Crippen molar-refractivity contribution in [2.45, 2.75) is 44.9 Å². The Morgan fingerprint density at radius 3 is 1.54 bits per heavy atom. The second kappa shape index (κ2) is 19.8. The molecule has 3 fully saturated rings. The van der Waals surface area contributed by atoms with Crippen molar-refractivity contribution in [3.8, 4) is 11.5 Å². The van der Waals surface area contributed by atoms with E-state index in [1.165, 1.54) is 12.5 Å². The van der Waals surface area contributed by atoms with Crippen LogP contribution in [-0.2, 0) is 44.9 Å². The molecule has 0 saturated carbocycles. The predicted octanol–water partition coefficient (Wildman–Crippen LogP) is 2.96. The summed E-state index contributed by atoms with van der Waals surface area (Å²) >= 11 is 0. The highest BCUT2D eigenvalue weighted by Crippen LogP contribution is 2.28. The quantitative estimate of drug-likeness (QED) is 0.0866. The first-order valence-electron chi connectivity index (χ1n) is 19.7. The van der Waals surface area contributed by atoms with Gasteiger partial charge in [-0.15, -0.1) is 0 Å². The van der Waals surface area contributed by atoms with Crippen LogP contribution in [0.3, 0.4) is 0 Å². The summed E-state index contributed by atoms with van der Waals surface area (Å²) < 4.78 is 23.3. The van der Waals surface area contributed by atoms with Crippen LogP contribution in [0, 0.1) is 35.5 Å². The Labute approximate surface area is 326 Å². The molecule has 15 nitrogen and oxygen atoms in total. The summed E-state index contributed by atoms with van der Waals surface area (Å²) in [6.45, 7) is 5.10. The number of carboxylic acid groups (broad SMARTS) is 3. The molecule has 15 heteroatoms. The van der Waals surface area contributed by atoms with E-state index in [1.807, 2.05) is 24.3 Å². The SMILES string of the molecule is O=C(O)[C@@H](Cc1cccc(CC(=O)N(CCOc2coc(C[C@H](C(=O)O)[C@H]3CCNC3)c2)CCOc2coc(C[C@H](C(=O)O)[C@H]3CCNC3)c2)c1)[C@H]1CCNC1. The van der Waals surface area contributed by atoms with Crippen molar-refractivity contribution in [3.63, 3.8) is 0 Å². The largest absolute Gasteiger partial charge is 0.488 e. The maximum atomic E-state index is 13.8. The van der Waals surface area contributed by atoms with Gasteiger partial charge in [0, 0.05) is 25.0 Å². The van der Waals surface area contributed by atoms with Gasteiger partial charge in [0.25, 0.3) is 0 Å². The molecule has 2 aromatic heterocycles. The minimum atomic E-state index is -0.856. The highest BCUT2D eigenvalue weighted by atomic mass is 16.5. The van der Waals surface area contributed by atoms with Crippen molar-refractivity contribution >= 4 is 23.8 Å². The molecule has 0 spiro atoms. The highest BCUT2D eigenvalue weighted by molar-refractivity contribution is 5.79. The van der Waals surface area contributed by atoms with Crippen molar-refractivity contribution in [3.05, 3.63) is 71.6 Å². The van der Waals surface area contributed by atoms with E-state index < -0.39 is 35.7 Å². The summed E-state index contributed by atoms with van der Waals surface area (Å²) in [6, 6.07) is 10.9. The van der Waals surface area contributed by atoms with Gasteiger partial charge < -0.3 is 54.5 Å². The lowest BCUT2D eigenvalue weighted by molar-refractivity contribution is -0.144. The number of benzene rings is 1. The molecule has 1 aromatic carbocycles. The summed E-state index contributed by atoms with van der Waals surface area (Å²) in [6.07, 6.45) is 6.27. The van der Waals surface area contributed by atoms with Crippen LogP contribution in [0.1, 0.15) is 41.9 Å². The zero-order chi connectivity index (χ0) is 39.4. The van der Waals surface area contributed by atoms with E-state index in [0.29, 0.717) is 49.1 Å². The Morgan fingerprint density at radius 2 is 1.11 bits per heavy atom. The fourth-order valence-electron chi connectivity index (χ4n) is 8.26. The predicted molar refractivity (Wildman–Crippen MR) is 203 cm³/mol. The molecule has 0 radical (unpaired) electrons. The number of ether oxygens (including phenoxy) is 2. The van der Waals surface area contributed by atoms with E-state index in [1.54, 1.807) is 17.0 Å². The van der Waals surface area contributed by atoms with Gasteiger partial charge in [-0.1, -0.05) is 24.3 Å². The van der Waals surface area contributed by atoms with Gasteiger partial charge in [-0.25, -0.2) is 0 Å². The third-order valence-corrected chi connectivity index (χ3v) is 11.5. The second-order valence-corrected chi connectivity index (χ2v) is 15.3. The minimum Gasteiger partial charge on any atom is -0.488 e. The number of carbonyl (C=O) groups excluding carboxylic acids is 1. The van der Waals surface area contributed by atoms with E-state index >= 15 is 0 Å². The van der Waals surface area contributed by atoms with Crippen LogP contribution in [0.4, 0.5) is 0 Å². The maximum absolute atomic E-state index is 13.8. The molecule has 5 heterocycles. The zero-order valence-electron chi connectivity index (χ0n) is 31.7. The molecule has 6 atom stereocenters. The lowest BCUT2D eigenvalue weighted by Crippen LogP contribution is -2.38. The molecule has 0 bridgehead atoms. The molecule has 3 aromatic rings. The minimum absolute atomic E-state index is 0.0254. The molecule has 3 saturated heterocycles. The normalized spacial score (nSPS) is 21.0. The summed E-state index contributed by atoms with van der Waals surface area (Å²) in [4.78, 5) is 51.6. The number of carboxylic acids is 3. The summed E-state index contributed by atoms with van der Waals surface area (Å²) in [5.74, 6) is -2.34. The third kappa shape index (κ3) is 11.4. The van der Waals surface area contributed by atoms with Crippen molar-refractivity contribution < 1.29 is 52.8 Å². The van der Waals surface area contributed by atoms with Gasteiger partial charge in [0.1, 0.15) is 37.3 Å². The van der Waals surface area contributed by atoms with Crippen LogP contribution in [0.25, 0.3) is 0 Å². The van der Waals surface area contributed by atoms with Crippen LogP contribution < -0.4 is 25.4 Å². The Morgan fingerprint density at radius 1 is 0.661 bits per heavy atom. The van der Waals surface area contributed by atoms with Crippen molar-refractivity contribution in [2.75, 3.05) is 65.6 Å². The lowest BCUT2D eigenvalue weighted by Gasteiger charge is -2.23. The number of nitrogens with zero attached hydrogens (tertiary/aromatic N) is 1. The van der Waals surface area contributed by atoms with Gasteiger partial charge in [0.2, 0.25) is 5.91 Å². The van der Waals surface area contributed by atoms with Gasteiger partial charge in [-0.3, -0.25) is 19.2 Å². The molecule has 6 rings (SSSR count). The number of amides is 1. The number of nitrogens with one attached hydrogen (secondary N) is 3. The topological polar surface area (TPSA) is 213 Å². The smallest absolute Gasteiger partial charge is 0.307 e. The first-order chi connectivity index (χ1) is 27.1. The van der Waals surface area contributed by atoms with Crippen molar-refractivity contribution in [1.29, 1.82) is 0 Å².